The SMILES string of the molecule is CC(COc1ccc(F)cc1I)C(C)(C)C. The van der Waals surface area contributed by atoms with E-state index in [9.17, 15) is 4.39 Å². The summed E-state index contributed by atoms with van der Waals surface area (Å²) >= 11 is 2.09. The van der Waals surface area contributed by atoms with Crippen molar-refractivity contribution in [1.82, 2.24) is 0 Å². The second kappa shape index (κ2) is 5.34. The quantitative estimate of drug-likeness (QED) is 0.739. The molecule has 0 aliphatic rings. The highest BCUT2D eigenvalue weighted by Gasteiger charge is 2.20. The largest absolute Gasteiger partial charge is 0.492 e. The van der Waals surface area contributed by atoms with Crippen LogP contribution < -0.4 is 4.74 Å². The van der Waals surface area contributed by atoms with Crippen LogP contribution in [0.4, 0.5) is 4.39 Å². The van der Waals surface area contributed by atoms with Gasteiger partial charge in [0.15, 0.2) is 0 Å². The van der Waals surface area contributed by atoms with Gasteiger partial charge in [-0.2, -0.15) is 0 Å². The summed E-state index contributed by atoms with van der Waals surface area (Å²) in [5.74, 6) is 0.993. The third kappa shape index (κ3) is 3.92. The summed E-state index contributed by atoms with van der Waals surface area (Å²) < 4.78 is 19.4. The zero-order valence-electron chi connectivity index (χ0n) is 10.2. The van der Waals surface area contributed by atoms with Crippen molar-refractivity contribution in [2.24, 2.45) is 11.3 Å². The van der Waals surface area contributed by atoms with Gasteiger partial charge >= 0.3 is 0 Å². The lowest BCUT2D eigenvalue weighted by molar-refractivity contribution is 0.160. The average molecular weight is 336 g/mol. The standard InChI is InChI=1S/C13H18FIO/c1-9(13(2,3)4)8-16-12-6-5-10(14)7-11(12)15/h5-7,9H,8H2,1-4H3. The summed E-state index contributed by atoms with van der Waals surface area (Å²) in [7, 11) is 0. The molecule has 1 aromatic carbocycles. The van der Waals surface area contributed by atoms with Gasteiger partial charge in [-0.1, -0.05) is 27.7 Å². The van der Waals surface area contributed by atoms with Crippen molar-refractivity contribution in [2.45, 2.75) is 27.7 Å². The second-order valence-corrected chi connectivity index (χ2v) is 6.32. The molecule has 1 rings (SSSR count). The molecule has 1 aromatic rings. The highest BCUT2D eigenvalue weighted by Crippen LogP contribution is 2.27. The number of hydrogen-bond donors (Lipinski definition) is 0. The minimum Gasteiger partial charge on any atom is -0.492 e. The molecule has 0 spiro atoms. The summed E-state index contributed by atoms with van der Waals surface area (Å²) in [5, 5.41) is 0. The Labute approximate surface area is 111 Å². The van der Waals surface area contributed by atoms with Crippen LogP contribution in [0.15, 0.2) is 18.2 Å². The number of benzene rings is 1. The van der Waals surface area contributed by atoms with Gasteiger partial charge in [0.25, 0.3) is 0 Å². The molecule has 0 fully saturated rings. The predicted octanol–water partition coefficient (Wildman–Crippen LogP) is 4.49. The fourth-order valence-corrected chi connectivity index (χ4v) is 1.69. The predicted molar refractivity (Wildman–Crippen MR) is 73.2 cm³/mol. The van der Waals surface area contributed by atoms with Gasteiger partial charge in [-0.15, -0.1) is 0 Å². The molecule has 0 radical (unpaired) electrons. The molecule has 1 nitrogen and oxygen atoms in total. The Bertz CT molecular complexity index is 357. The molecule has 16 heavy (non-hydrogen) atoms. The van der Waals surface area contributed by atoms with Crippen molar-refractivity contribution >= 4 is 22.6 Å². The molecule has 0 aromatic heterocycles. The zero-order valence-corrected chi connectivity index (χ0v) is 12.3. The Balaban J connectivity index is 2.62. The van der Waals surface area contributed by atoms with Crippen molar-refractivity contribution in [3.05, 3.63) is 27.6 Å². The maximum Gasteiger partial charge on any atom is 0.132 e. The van der Waals surface area contributed by atoms with Crippen LogP contribution >= 0.6 is 22.6 Å². The lowest BCUT2D eigenvalue weighted by atomic mass is 9.83. The fraction of sp³-hybridized carbons (Fsp3) is 0.538. The molecule has 0 saturated heterocycles. The van der Waals surface area contributed by atoms with E-state index >= 15 is 0 Å². The van der Waals surface area contributed by atoms with Crippen LogP contribution in [0.1, 0.15) is 27.7 Å². The van der Waals surface area contributed by atoms with E-state index in [1.54, 1.807) is 6.07 Å². The molecule has 0 aliphatic carbocycles. The number of hydrogen-bond acceptors (Lipinski definition) is 1. The molecule has 0 heterocycles. The maximum absolute atomic E-state index is 12.9. The normalized spacial score (nSPS) is 13.6. The van der Waals surface area contributed by atoms with Gasteiger partial charge in [0.1, 0.15) is 11.6 Å². The van der Waals surface area contributed by atoms with Crippen molar-refractivity contribution in [2.75, 3.05) is 6.61 Å². The van der Waals surface area contributed by atoms with Crippen LogP contribution in [0, 0.1) is 20.7 Å². The topological polar surface area (TPSA) is 9.23 Å². The van der Waals surface area contributed by atoms with Gasteiger partial charge in [-0.3, -0.25) is 0 Å². The first-order valence-corrected chi connectivity index (χ1v) is 6.46. The van der Waals surface area contributed by atoms with Crippen LogP contribution in [-0.2, 0) is 0 Å². The van der Waals surface area contributed by atoms with E-state index in [4.69, 9.17) is 4.74 Å². The Hall–Kier alpha value is -0.320. The van der Waals surface area contributed by atoms with Gasteiger partial charge in [-0.05, 0) is 52.1 Å². The molecule has 0 amide bonds. The molecule has 0 saturated carbocycles. The van der Waals surface area contributed by atoms with Crippen molar-refractivity contribution in [3.63, 3.8) is 0 Å². The van der Waals surface area contributed by atoms with Crippen LogP contribution in [0.25, 0.3) is 0 Å². The number of rotatable bonds is 3. The zero-order chi connectivity index (χ0) is 12.3. The lowest BCUT2D eigenvalue weighted by Crippen LogP contribution is -2.23. The van der Waals surface area contributed by atoms with E-state index in [0.29, 0.717) is 12.5 Å². The molecule has 3 heteroatoms. The summed E-state index contributed by atoms with van der Waals surface area (Å²) in [6, 6.07) is 4.60. The molecular weight excluding hydrogens is 318 g/mol. The Morgan fingerprint density at radius 2 is 2.00 bits per heavy atom. The highest BCUT2D eigenvalue weighted by molar-refractivity contribution is 14.1. The van der Waals surface area contributed by atoms with Crippen molar-refractivity contribution in [1.29, 1.82) is 0 Å². The first-order chi connectivity index (χ1) is 7.30. The maximum atomic E-state index is 12.9. The Kier molecular flexibility index (Phi) is 4.59. The van der Waals surface area contributed by atoms with E-state index in [-0.39, 0.29) is 11.2 Å². The highest BCUT2D eigenvalue weighted by atomic mass is 127. The summed E-state index contributed by atoms with van der Waals surface area (Å²) in [5.41, 5.74) is 0.228. The smallest absolute Gasteiger partial charge is 0.132 e. The first-order valence-electron chi connectivity index (χ1n) is 5.38. The number of ether oxygens (including phenoxy) is 1. The number of halogens is 2. The first kappa shape index (κ1) is 13.7. The summed E-state index contributed by atoms with van der Waals surface area (Å²) in [6.45, 7) is 9.39. The Morgan fingerprint density at radius 3 is 2.50 bits per heavy atom. The summed E-state index contributed by atoms with van der Waals surface area (Å²) in [4.78, 5) is 0. The van der Waals surface area contributed by atoms with Gasteiger partial charge in [0.05, 0.1) is 10.2 Å². The third-order valence-electron chi connectivity index (χ3n) is 2.86. The molecule has 1 atom stereocenters. The van der Waals surface area contributed by atoms with Crippen LogP contribution in [0.5, 0.6) is 5.75 Å². The van der Waals surface area contributed by atoms with Crippen LogP contribution in [-0.4, -0.2) is 6.61 Å². The van der Waals surface area contributed by atoms with Crippen LogP contribution in [0.3, 0.4) is 0 Å². The van der Waals surface area contributed by atoms with Crippen LogP contribution in [0.2, 0.25) is 0 Å². The fourth-order valence-electron chi connectivity index (χ4n) is 1.06. The summed E-state index contributed by atoms with van der Waals surface area (Å²) in [6.07, 6.45) is 0. The third-order valence-corrected chi connectivity index (χ3v) is 3.70. The van der Waals surface area contributed by atoms with Gasteiger partial charge in [0, 0.05) is 0 Å². The minimum absolute atomic E-state index is 0.222. The monoisotopic (exact) mass is 336 g/mol. The lowest BCUT2D eigenvalue weighted by Gasteiger charge is -2.27. The molecular formula is C13H18FIO. The van der Waals surface area contributed by atoms with Gasteiger partial charge in [-0.25, -0.2) is 4.39 Å². The molecule has 1 unspecified atom stereocenters. The average Bonchev–Trinajstić information content (AvgIpc) is 2.14. The minimum atomic E-state index is -0.222. The van der Waals surface area contributed by atoms with E-state index in [1.165, 1.54) is 12.1 Å². The van der Waals surface area contributed by atoms with Crippen molar-refractivity contribution in [3.8, 4) is 5.75 Å². The van der Waals surface area contributed by atoms with Gasteiger partial charge in [0.2, 0.25) is 0 Å². The Morgan fingerprint density at radius 1 is 1.38 bits per heavy atom. The molecule has 0 N–H and O–H groups in total. The van der Waals surface area contributed by atoms with E-state index in [1.807, 2.05) is 0 Å². The molecule has 90 valence electrons. The van der Waals surface area contributed by atoms with E-state index in [2.05, 4.69) is 50.3 Å². The van der Waals surface area contributed by atoms with Gasteiger partial charge < -0.3 is 4.74 Å². The second-order valence-electron chi connectivity index (χ2n) is 5.15. The van der Waals surface area contributed by atoms with Crippen molar-refractivity contribution < 1.29 is 9.13 Å². The molecule has 0 aliphatic heterocycles. The van der Waals surface area contributed by atoms with E-state index in [0.717, 1.165) is 9.32 Å². The molecule has 0 bridgehead atoms. The van der Waals surface area contributed by atoms with E-state index < -0.39 is 0 Å².